The largest absolute Gasteiger partial charge is 0.355 e. The molecule has 4 rings (SSSR count). The molecule has 0 amide bonds. The van der Waals surface area contributed by atoms with Crippen LogP contribution in [0.25, 0.3) is 11.0 Å². The lowest BCUT2D eigenvalue weighted by atomic mass is 9.80. The van der Waals surface area contributed by atoms with Gasteiger partial charge in [-0.1, -0.05) is 22.6 Å². The summed E-state index contributed by atoms with van der Waals surface area (Å²) in [4.78, 5) is 17.0. The number of hydrogen-bond donors (Lipinski definition) is 1. The molecule has 2 aliphatic heterocycles. The van der Waals surface area contributed by atoms with E-state index in [1.54, 1.807) is 6.33 Å². The lowest BCUT2D eigenvalue weighted by Gasteiger charge is -2.50. The van der Waals surface area contributed by atoms with E-state index in [-0.39, 0.29) is 0 Å². The van der Waals surface area contributed by atoms with Crippen molar-refractivity contribution in [3.63, 3.8) is 0 Å². The number of fused-ring (bicyclic) bond motifs is 2. The zero-order valence-corrected chi connectivity index (χ0v) is 14.4. The second-order valence-corrected chi connectivity index (χ2v) is 8.55. The third kappa shape index (κ3) is 2.32. The highest BCUT2D eigenvalue weighted by atomic mass is 127. The van der Waals surface area contributed by atoms with Gasteiger partial charge in [0.25, 0.3) is 0 Å². The summed E-state index contributed by atoms with van der Waals surface area (Å²) in [6, 6.07) is 2.09. The molecule has 0 saturated carbocycles. The summed E-state index contributed by atoms with van der Waals surface area (Å²) in [7, 11) is 2.24. The molecule has 2 fully saturated rings. The topological polar surface area (TPSA) is 48.1 Å². The fourth-order valence-electron chi connectivity index (χ4n) is 3.87. The van der Waals surface area contributed by atoms with Crippen molar-refractivity contribution < 1.29 is 0 Å². The predicted octanol–water partition coefficient (Wildman–Crippen LogP) is 2.29. The molecule has 2 aliphatic rings. The van der Waals surface area contributed by atoms with Crippen LogP contribution in [0, 0.1) is 5.92 Å². The first-order chi connectivity index (χ1) is 10.2. The number of aromatic nitrogens is 3. The Morgan fingerprint density at radius 1 is 1.29 bits per heavy atom. The number of alkyl halides is 1. The smallest absolute Gasteiger partial charge is 0.142 e. The molecule has 0 aliphatic carbocycles. The Labute approximate surface area is 138 Å². The van der Waals surface area contributed by atoms with Crippen molar-refractivity contribution in [2.75, 3.05) is 38.1 Å². The van der Waals surface area contributed by atoms with Gasteiger partial charge in [0.1, 0.15) is 17.8 Å². The average molecular weight is 397 g/mol. The third-order valence-corrected chi connectivity index (χ3v) is 6.52. The minimum atomic E-state index is 0.344. The van der Waals surface area contributed by atoms with Gasteiger partial charge in [-0.05, 0) is 38.4 Å². The van der Waals surface area contributed by atoms with E-state index < -0.39 is 0 Å². The average Bonchev–Trinajstić information content (AvgIpc) is 2.93. The van der Waals surface area contributed by atoms with Crippen LogP contribution in [0.5, 0.6) is 0 Å². The summed E-state index contributed by atoms with van der Waals surface area (Å²) in [5, 5.41) is 1.14. The lowest BCUT2D eigenvalue weighted by Crippen LogP contribution is -2.58. The molecule has 0 spiro atoms. The van der Waals surface area contributed by atoms with Gasteiger partial charge in [-0.15, -0.1) is 0 Å². The molecule has 2 aromatic rings. The van der Waals surface area contributed by atoms with Gasteiger partial charge in [0.05, 0.1) is 8.81 Å². The van der Waals surface area contributed by atoms with Gasteiger partial charge in [0, 0.05) is 25.8 Å². The van der Waals surface area contributed by atoms with Crippen molar-refractivity contribution in [2.45, 2.75) is 16.3 Å². The first-order valence-electron chi connectivity index (χ1n) is 7.56. The number of likely N-dealkylation sites (tertiary alicyclic amines) is 1. The predicted molar refractivity (Wildman–Crippen MR) is 93.1 cm³/mol. The fraction of sp³-hybridized carbons (Fsp3) is 0.600. The van der Waals surface area contributed by atoms with E-state index >= 15 is 0 Å². The Kier molecular flexibility index (Phi) is 3.33. The zero-order valence-electron chi connectivity index (χ0n) is 12.2. The monoisotopic (exact) mass is 397 g/mol. The molecule has 0 bridgehead atoms. The summed E-state index contributed by atoms with van der Waals surface area (Å²) in [5.41, 5.74) is 0.936. The molecule has 6 heteroatoms. The number of rotatable bonds is 1. The molecular weight excluding hydrogens is 377 g/mol. The molecule has 2 unspecified atom stereocenters. The van der Waals surface area contributed by atoms with Gasteiger partial charge in [0.15, 0.2) is 0 Å². The van der Waals surface area contributed by atoms with Crippen LogP contribution in [0.2, 0.25) is 0 Å². The fourth-order valence-corrected chi connectivity index (χ4v) is 5.49. The first kappa shape index (κ1) is 13.8. The first-order valence-corrected chi connectivity index (χ1v) is 8.64. The minimum Gasteiger partial charge on any atom is -0.355 e. The molecular formula is C15H20IN5. The molecule has 2 saturated heterocycles. The minimum absolute atomic E-state index is 0.344. The van der Waals surface area contributed by atoms with Crippen molar-refractivity contribution >= 4 is 39.4 Å². The van der Waals surface area contributed by atoms with Crippen LogP contribution in [0.3, 0.4) is 0 Å². The van der Waals surface area contributed by atoms with Crippen molar-refractivity contribution in [3.05, 3.63) is 18.6 Å². The number of nitrogens with zero attached hydrogens (tertiary/aromatic N) is 4. The molecule has 1 N–H and O–H groups in total. The van der Waals surface area contributed by atoms with E-state index in [1.165, 1.54) is 25.9 Å². The highest BCUT2D eigenvalue weighted by Crippen LogP contribution is 2.42. The summed E-state index contributed by atoms with van der Waals surface area (Å²) < 4.78 is 0.344. The molecule has 2 aromatic heterocycles. The van der Waals surface area contributed by atoms with Crippen LogP contribution in [0.4, 0.5) is 5.82 Å². The van der Waals surface area contributed by atoms with Crippen molar-refractivity contribution in [3.8, 4) is 0 Å². The summed E-state index contributed by atoms with van der Waals surface area (Å²) >= 11 is 2.71. The summed E-state index contributed by atoms with van der Waals surface area (Å²) in [5.74, 6) is 1.93. The number of hydrogen-bond acceptors (Lipinski definition) is 4. The number of aromatic amines is 1. The highest BCUT2D eigenvalue weighted by molar-refractivity contribution is 14.1. The maximum Gasteiger partial charge on any atom is 0.142 e. The lowest BCUT2D eigenvalue weighted by molar-refractivity contribution is 0.160. The quantitative estimate of drug-likeness (QED) is 0.593. The zero-order chi connectivity index (χ0) is 14.4. The van der Waals surface area contributed by atoms with E-state index in [0.29, 0.717) is 3.42 Å². The van der Waals surface area contributed by atoms with E-state index in [4.69, 9.17) is 0 Å². The molecule has 112 valence electrons. The highest BCUT2D eigenvalue weighted by Gasteiger charge is 2.44. The number of nitrogens with one attached hydrogen (secondary N) is 1. The van der Waals surface area contributed by atoms with Crippen LogP contribution >= 0.6 is 22.6 Å². The summed E-state index contributed by atoms with van der Waals surface area (Å²) in [6.45, 7) is 4.61. The molecule has 0 aromatic carbocycles. The van der Waals surface area contributed by atoms with E-state index in [0.717, 1.165) is 35.9 Å². The Morgan fingerprint density at radius 3 is 3.05 bits per heavy atom. The van der Waals surface area contributed by atoms with Crippen LogP contribution in [-0.2, 0) is 0 Å². The van der Waals surface area contributed by atoms with Crippen molar-refractivity contribution in [1.29, 1.82) is 0 Å². The van der Waals surface area contributed by atoms with Gasteiger partial charge in [0.2, 0.25) is 0 Å². The second kappa shape index (κ2) is 5.08. The van der Waals surface area contributed by atoms with E-state index in [1.807, 2.05) is 6.20 Å². The Balaban J connectivity index is 1.66. The molecule has 5 nitrogen and oxygen atoms in total. The van der Waals surface area contributed by atoms with Crippen LogP contribution < -0.4 is 4.90 Å². The maximum absolute atomic E-state index is 4.57. The molecule has 0 radical (unpaired) electrons. The third-order valence-electron chi connectivity index (χ3n) is 4.96. The second-order valence-electron chi connectivity index (χ2n) is 6.41. The van der Waals surface area contributed by atoms with Gasteiger partial charge >= 0.3 is 0 Å². The van der Waals surface area contributed by atoms with Gasteiger partial charge in [-0.25, -0.2) is 9.97 Å². The van der Waals surface area contributed by atoms with Gasteiger partial charge in [-0.3, -0.25) is 0 Å². The van der Waals surface area contributed by atoms with Crippen molar-refractivity contribution in [1.82, 2.24) is 19.9 Å². The van der Waals surface area contributed by atoms with Gasteiger partial charge < -0.3 is 14.8 Å². The number of piperidine rings is 2. The SMILES string of the molecule is CN1CCC2CCN(c3ncnc4[nH]ccc34)CC2(I)C1. The van der Waals surface area contributed by atoms with E-state index in [2.05, 4.69) is 60.5 Å². The van der Waals surface area contributed by atoms with Crippen LogP contribution in [0.1, 0.15) is 12.8 Å². The number of H-pyrrole nitrogens is 1. The van der Waals surface area contributed by atoms with Gasteiger partial charge in [-0.2, -0.15) is 0 Å². The van der Waals surface area contributed by atoms with E-state index in [9.17, 15) is 0 Å². The molecule has 4 heterocycles. The maximum atomic E-state index is 4.57. The standard InChI is InChI=1S/C15H20IN5/c1-20-6-3-11-4-7-21(9-15(11,16)8-20)14-12-2-5-17-13(12)18-10-19-14/h2,5,10-11H,3-4,6-9H2,1H3,(H,17,18,19). The van der Waals surface area contributed by atoms with Crippen LogP contribution in [0.15, 0.2) is 18.6 Å². The summed E-state index contributed by atoms with van der Waals surface area (Å²) in [6.07, 6.45) is 6.22. The Bertz CT molecular complexity index is 656. The molecule has 21 heavy (non-hydrogen) atoms. The van der Waals surface area contributed by atoms with Crippen molar-refractivity contribution in [2.24, 2.45) is 5.92 Å². The Morgan fingerprint density at radius 2 is 2.14 bits per heavy atom. The number of anilines is 1. The molecule has 2 atom stereocenters. The Hall–Kier alpha value is -0.890. The van der Waals surface area contributed by atoms with Crippen LogP contribution in [-0.4, -0.2) is 56.5 Å². The normalized spacial score (nSPS) is 30.6. The number of halogens is 1.